The Bertz CT molecular complexity index is 340. The fourth-order valence-corrected chi connectivity index (χ4v) is 1.76. The Hall–Kier alpha value is -0.840. The molecule has 0 aromatic carbocycles. The summed E-state index contributed by atoms with van der Waals surface area (Å²) in [6.07, 6.45) is 0. The maximum atomic E-state index is 5.77. The van der Waals surface area contributed by atoms with E-state index in [1.807, 2.05) is 12.1 Å². The number of pyridine rings is 1. The number of aromatic nitrogens is 1. The van der Waals surface area contributed by atoms with Gasteiger partial charge in [-0.25, -0.2) is 4.98 Å². The lowest BCUT2D eigenvalue weighted by Crippen LogP contribution is -2.45. The van der Waals surface area contributed by atoms with Crippen molar-refractivity contribution in [2.75, 3.05) is 40.0 Å². The molecule has 0 N–H and O–H groups in total. The summed E-state index contributed by atoms with van der Waals surface area (Å²) >= 11 is 5.77. The van der Waals surface area contributed by atoms with E-state index < -0.39 is 0 Å². The minimum atomic E-state index is 0.468. The summed E-state index contributed by atoms with van der Waals surface area (Å²) in [5.74, 6) is 0.589. The smallest absolute Gasteiger partial charge is 0.215 e. The summed E-state index contributed by atoms with van der Waals surface area (Å²) in [5, 5.41) is 0.468. The number of halogens is 1. The zero-order valence-corrected chi connectivity index (χ0v) is 10.2. The number of likely N-dealkylation sites (N-methyl/N-ethyl adjacent to an activating group) is 1. The average molecular weight is 242 g/mol. The van der Waals surface area contributed by atoms with Gasteiger partial charge < -0.3 is 9.64 Å². The molecule has 1 aliphatic heterocycles. The third-order valence-corrected chi connectivity index (χ3v) is 2.89. The zero-order valence-electron chi connectivity index (χ0n) is 9.40. The van der Waals surface area contributed by atoms with E-state index in [-0.39, 0.29) is 0 Å². The van der Waals surface area contributed by atoms with Crippen molar-refractivity contribution in [2.24, 2.45) is 0 Å². The Balaban J connectivity index is 1.79. The highest BCUT2D eigenvalue weighted by Crippen LogP contribution is 2.11. The maximum absolute atomic E-state index is 5.77. The van der Waals surface area contributed by atoms with Crippen molar-refractivity contribution >= 4 is 11.6 Å². The Morgan fingerprint density at radius 3 is 2.75 bits per heavy atom. The van der Waals surface area contributed by atoms with Crippen LogP contribution in [0.25, 0.3) is 0 Å². The molecular weight excluding hydrogens is 226 g/mol. The van der Waals surface area contributed by atoms with E-state index in [0.717, 1.165) is 26.2 Å². The first kappa shape index (κ1) is 11.6. The summed E-state index contributed by atoms with van der Waals surface area (Å²) in [6.45, 7) is 4.84. The fourth-order valence-electron chi connectivity index (χ4n) is 1.60. The summed E-state index contributed by atoms with van der Waals surface area (Å²) in [6, 6.07) is 5.40. The van der Waals surface area contributed by atoms with Gasteiger partial charge in [-0.2, -0.15) is 0 Å². The van der Waals surface area contributed by atoms with E-state index in [1.54, 1.807) is 6.07 Å². The lowest BCUT2D eigenvalue weighted by atomic mass is 10.3. The van der Waals surface area contributed by atoms with Crippen LogP contribution in [0.1, 0.15) is 0 Å². The normalized spacial score (nSPS) is 18.6. The molecule has 88 valence electrons. The van der Waals surface area contributed by atoms with Gasteiger partial charge in [0.25, 0.3) is 0 Å². The first-order chi connectivity index (χ1) is 7.74. The predicted molar refractivity (Wildman–Crippen MR) is 63.8 cm³/mol. The van der Waals surface area contributed by atoms with Crippen LogP contribution in [0.3, 0.4) is 0 Å². The molecule has 1 aromatic rings. The minimum absolute atomic E-state index is 0.468. The molecular formula is C11H16ClN3O. The van der Waals surface area contributed by atoms with E-state index in [1.165, 1.54) is 0 Å². The second-order valence-electron chi connectivity index (χ2n) is 3.99. The summed E-state index contributed by atoms with van der Waals surface area (Å²) in [5.41, 5.74) is 0. The first-order valence-corrected chi connectivity index (χ1v) is 5.78. The third-order valence-electron chi connectivity index (χ3n) is 2.68. The van der Waals surface area contributed by atoms with Gasteiger partial charge in [0.15, 0.2) is 0 Å². The average Bonchev–Trinajstić information content (AvgIpc) is 2.28. The van der Waals surface area contributed by atoms with Crippen molar-refractivity contribution in [1.82, 2.24) is 14.8 Å². The number of ether oxygens (including phenoxy) is 1. The Labute approximate surface area is 101 Å². The molecule has 0 bridgehead atoms. The second kappa shape index (κ2) is 5.48. The number of rotatable bonds is 3. The second-order valence-corrected chi connectivity index (χ2v) is 4.38. The monoisotopic (exact) mass is 241 g/mol. The van der Waals surface area contributed by atoms with Crippen LogP contribution in [-0.2, 0) is 0 Å². The van der Waals surface area contributed by atoms with Gasteiger partial charge in [-0.15, -0.1) is 0 Å². The van der Waals surface area contributed by atoms with Gasteiger partial charge in [-0.3, -0.25) is 4.90 Å². The van der Waals surface area contributed by atoms with Gasteiger partial charge in [-0.1, -0.05) is 17.7 Å². The SMILES string of the molecule is CN1CCN(COc2cccc(Cl)n2)CC1. The van der Waals surface area contributed by atoms with Gasteiger partial charge in [0, 0.05) is 32.2 Å². The molecule has 1 saturated heterocycles. The van der Waals surface area contributed by atoms with Crippen LogP contribution in [0.5, 0.6) is 5.88 Å². The molecule has 0 atom stereocenters. The molecule has 0 spiro atoms. The summed E-state index contributed by atoms with van der Waals surface area (Å²) < 4.78 is 5.57. The molecule has 1 aromatic heterocycles. The summed E-state index contributed by atoms with van der Waals surface area (Å²) in [4.78, 5) is 8.66. The van der Waals surface area contributed by atoms with Crippen LogP contribution in [0, 0.1) is 0 Å². The molecule has 0 aliphatic carbocycles. The van der Waals surface area contributed by atoms with E-state index in [9.17, 15) is 0 Å². The Kier molecular flexibility index (Phi) is 3.98. The van der Waals surface area contributed by atoms with E-state index in [2.05, 4.69) is 21.8 Å². The van der Waals surface area contributed by atoms with Crippen molar-refractivity contribution in [1.29, 1.82) is 0 Å². The number of nitrogens with zero attached hydrogens (tertiary/aromatic N) is 3. The van der Waals surface area contributed by atoms with Crippen LogP contribution in [-0.4, -0.2) is 54.7 Å². The highest BCUT2D eigenvalue weighted by molar-refractivity contribution is 6.29. The highest BCUT2D eigenvalue weighted by Gasteiger charge is 2.13. The standard InChI is InChI=1S/C11H16ClN3O/c1-14-5-7-15(8-6-14)9-16-11-4-2-3-10(12)13-11/h2-4H,5-9H2,1H3. The van der Waals surface area contributed by atoms with Crippen LogP contribution in [0.15, 0.2) is 18.2 Å². The van der Waals surface area contributed by atoms with Gasteiger partial charge in [0.2, 0.25) is 5.88 Å². The molecule has 0 unspecified atom stereocenters. The van der Waals surface area contributed by atoms with Crippen LogP contribution in [0.2, 0.25) is 5.15 Å². The van der Waals surface area contributed by atoms with Crippen molar-refractivity contribution < 1.29 is 4.74 Å². The molecule has 0 radical (unpaired) electrons. The molecule has 5 heteroatoms. The largest absolute Gasteiger partial charge is 0.461 e. The summed E-state index contributed by atoms with van der Waals surface area (Å²) in [7, 11) is 2.14. The molecule has 0 amide bonds. The van der Waals surface area contributed by atoms with E-state index in [0.29, 0.717) is 17.8 Å². The maximum Gasteiger partial charge on any atom is 0.215 e. The van der Waals surface area contributed by atoms with Crippen molar-refractivity contribution in [3.63, 3.8) is 0 Å². The van der Waals surface area contributed by atoms with Crippen molar-refractivity contribution in [3.05, 3.63) is 23.4 Å². The van der Waals surface area contributed by atoms with Gasteiger partial charge in [0.05, 0.1) is 0 Å². The van der Waals surface area contributed by atoms with Crippen molar-refractivity contribution in [2.45, 2.75) is 0 Å². The third kappa shape index (κ3) is 3.33. The first-order valence-electron chi connectivity index (χ1n) is 5.40. The van der Waals surface area contributed by atoms with Crippen LogP contribution >= 0.6 is 11.6 Å². The van der Waals surface area contributed by atoms with E-state index in [4.69, 9.17) is 16.3 Å². The number of piperazine rings is 1. The Morgan fingerprint density at radius 1 is 1.31 bits per heavy atom. The molecule has 1 fully saturated rings. The van der Waals surface area contributed by atoms with Gasteiger partial charge in [-0.05, 0) is 13.1 Å². The highest BCUT2D eigenvalue weighted by atomic mass is 35.5. The molecule has 2 rings (SSSR count). The topological polar surface area (TPSA) is 28.6 Å². The van der Waals surface area contributed by atoms with Gasteiger partial charge >= 0.3 is 0 Å². The molecule has 16 heavy (non-hydrogen) atoms. The van der Waals surface area contributed by atoms with Crippen LogP contribution in [0.4, 0.5) is 0 Å². The lowest BCUT2D eigenvalue weighted by Gasteiger charge is -2.31. The predicted octanol–water partition coefficient (Wildman–Crippen LogP) is 1.32. The van der Waals surface area contributed by atoms with Crippen molar-refractivity contribution in [3.8, 4) is 5.88 Å². The molecule has 2 heterocycles. The molecule has 1 aliphatic rings. The van der Waals surface area contributed by atoms with Crippen LogP contribution < -0.4 is 4.74 Å². The van der Waals surface area contributed by atoms with Gasteiger partial charge in [0.1, 0.15) is 11.9 Å². The fraction of sp³-hybridized carbons (Fsp3) is 0.545. The molecule has 0 saturated carbocycles. The molecule has 4 nitrogen and oxygen atoms in total. The zero-order chi connectivity index (χ0) is 11.4. The number of hydrogen-bond donors (Lipinski definition) is 0. The quantitative estimate of drug-likeness (QED) is 0.747. The lowest BCUT2D eigenvalue weighted by molar-refractivity contribution is 0.0738. The van der Waals surface area contributed by atoms with E-state index >= 15 is 0 Å². The number of hydrogen-bond acceptors (Lipinski definition) is 4. The Morgan fingerprint density at radius 2 is 2.06 bits per heavy atom. The minimum Gasteiger partial charge on any atom is -0.461 e.